The molecular weight excluding hydrogens is 248 g/mol. The van der Waals surface area contributed by atoms with Crippen LogP contribution < -0.4 is 11.1 Å². The van der Waals surface area contributed by atoms with Crippen molar-refractivity contribution in [2.24, 2.45) is 5.73 Å². The van der Waals surface area contributed by atoms with E-state index in [2.05, 4.69) is 5.32 Å². The van der Waals surface area contributed by atoms with Gasteiger partial charge in [-0.05, 0) is 29.8 Å². The molecule has 0 fully saturated rings. The van der Waals surface area contributed by atoms with Crippen LogP contribution in [0.25, 0.3) is 0 Å². The van der Waals surface area contributed by atoms with Crippen LogP contribution >= 0.6 is 11.6 Å². The van der Waals surface area contributed by atoms with Gasteiger partial charge in [0.15, 0.2) is 0 Å². The molecule has 1 unspecified atom stereocenters. The maximum Gasteiger partial charge on any atom is 0.244 e. The Labute approximate surface area is 111 Å². The average Bonchev–Trinajstić information content (AvgIpc) is 2.38. The summed E-state index contributed by atoms with van der Waals surface area (Å²) in [6.07, 6.45) is 0. The van der Waals surface area contributed by atoms with Crippen LogP contribution in [0.15, 0.2) is 54.6 Å². The molecule has 3 N–H and O–H groups in total. The Balaban J connectivity index is 2.22. The van der Waals surface area contributed by atoms with Crippen molar-refractivity contribution < 1.29 is 4.79 Å². The number of hydrogen-bond acceptors (Lipinski definition) is 2. The zero-order chi connectivity index (χ0) is 13.0. The summed E-state index contributed by atoms with van der Waals surface area (Å²) in [5, 5.41) is 3.74. The highest BCUT2D eigenvalue weighted by Gasteiger charge is 2.16. The van der Waals surface area contributed by atoms with Crippen molar-refractivity contribution in [3.8, 4) is 0 Å². The summed E-state index contributed by atoms with van der Waals surface area (Å²) in [6.45, 7) is 0. The van der Waals surface area contributed by atoms with Gasteiger partial charge in [0.25, 0.3) is 0 Å². The van der Waals surface area contributed by atoms with E-state index in [9.17, 15) is 4.79 Å². The molecule has 0 heterocycles. The summed E-state index contributed by atoms with van der Waals surface area (Å²) >= 11 is 5.81. The fraction of sp³-hybridized carbons (Fsp3) is 0.0714. The van der Waals surface area contributed by atoms with Gasteiger partial charge < -0.3 is 11.1 Å². The highest BCUT2D eigenvalue weighted by atomic mass is 35.5. The van der Waals surface area contributed by atoms with Crippen molar-refractivity contribution in [3.05, 3.63) is 65.2 Å². The van der Waals surface area contributed by atoms with E-state index in [1.54, 1.807) is 24.3 Å². The third-order valence-corrected chi connectivity index (χ3v) is 2.82. The average molecular weight is 261 g/mol. The van der Waals surface area contributed by atoms with Crippen LogP contribution in [0.5, 0.6) is 0 Å². The van der Waals surface area contributed by atoms with Crippen LogP contribution in [0, 0.1) is 0 Å². The molecule has 0 spiro atoms. The topological polar surface area (TPSA) is 55.1 Å². The first kappa shape index (κ1) is 12.5. The number of rotatable bonds is 4. The van der Waals surface area contributed by atoms with Gasteiger partial charge in [0.05, 0.1) is 0 Å². The highest BCUT2D eigenvalue weighted by molar-refractivity contribution is 6.30. The number of nitrogens with two attached hydrogens (primary N) is 1. The van der Waals surface area contributed by atoms with E-state index < -0.39 is 11.9 Å². The number of nitrogens with one attached hydrogen (secondary N) is 1. The molecule has 0 aromatic heterocycles. The Morgan fingerprint density at radius 2 is 1.67 bits per heavy atom. The summed E-state index contributed by atoms with van der Waals surface area (Å²) in [5.74, 6) is -0.420. The second-order valence-corrected chi connectivity index (χ2v) is 4.33. The van der Waals surface area contributed by atoms with Crippen LogP contribution in [0.3, 0.4) is 0 Å². The van der Waals surface area contributed by atoms with Crippen molar-refractivity contribution in [1.82, 2.24) is 0 Å². The smallest absolute Gasteiger partial charge is 0.244 e. The van der Waals surface area contributed by atoms with Gasteiger partial charge in [-0.3, -0.25) is 4.79 Å². The lowest BCUT2D eigenvalue weighted by molar-refractivity contribution is -0.118. The Morgan fingerprint density at radius 1 is 1.06 bits per heavy atom. The van der Waals surface area contributed by atoms with Crippen LogP contribution in [0.2, 0.25) is 5.02 Å². The molecule has 0 radical (unpaired) electrons. The largest absolute Gasteiger partial charge is 0.370 e. The van der Waals surface area contributed by atoms with Crippen molar-refractivity contribution in [2.75, 3.05) is 5.32 Å². The maximum atomic E-state index is 11.5. The third kappa shape index (κ3) is 3.02. The SMILES string of the molecule is NC(=O)C(Nc1ccc(Cl)cc1)c1ccccc1. The first-order chi connectivity index (χ1) is 8.66. The zero-order valence-electron chi connectivity index (χ0n) is 9.64. The van der Waals surface area contributed by atoms with E-state index in [0.29, 0.717) is 5.02 Å². The Bertz CT molecular complexity index is 525. The molecule has 0 aliphatic heterocycles. The van der Waals surface area contributed by atoms with E-state index in [0.717, 1.165) is 11.3 Å². The first-order valence-electron chi connectivity index (χ1n) is 5.53. The molecule has 2 aromatic carbocycles. The van der Waals surface area contributed by atoms with E-state index in [1.807, 2.05) is 30.3 Å². The van der Waals surface area contributed by atoms with Gasteiger partial charge in [0, 0.05) is 10.7 Å². The second kappa shape index (κ2) is 5.56. The highest BCUT2D eigenvalue weighted by Crippen LogP contribution is 2.20. The van der Waals surface area contributed by atoms with E-state index >= 15 is 0 Å². The van der Waals surface area contributed by atoms with Gasteiger partial charge in [0.2, 0.25) is 5.91 Å². The summed E-state index contributed by atoms with van der Waals surface area (Å²) in [7, 11) is 0. The maximum absolute atomic E-state index is 11.5. The van der Waals surface area contributed by atoms with E-state index in [4.69, 9.17) is 17.3 Å². The number of halogens is 1. The van der Waals surface area contributed by atoms with Gasteiger partial charge in [-0.15, -0.1) is 0 Å². The summed E-state index contributed by atoms with van der Waals surface area (Å²) < 4.78 is 0. The van der Waals surface area contributed by atoms with Crippen molar-refractivity contribution >= 4 is 23.2 Å². The fourth-order valence-electron chi connectivity index (χ4n) is 1.68. The van der Waals surface area contributed by atoms with Gasteiger partial charge in [-0.25, -0.2) is 0 Å². The Hall–Kier alpha value is -2.00. The molecule has 0 bridgehead atoms. The van der Waals surface area contributed by atoms with Crippen molar-refractivity contribution in [1.29, 1.82) is 0 Å². The first-order valence-corrected chi connectivity index (χ1v) is 5.91. The van der Waals surface area contributed by atoms with E-state index in [-0.39, 0.29) is 0 Å². The molecule has 18 heavy (non-hydrogen) atoms. The molecular formula is C14H13ClN2O. The third-order valence-electron chi connectivity index (χ3n) is 2.57. The summed E-state index contributed by atoms with van der Waals surface area (Å²) in [4.78, 5) is 11.5. The number of benzene rings is 2. The number of carbonyl (C=O) groups excluding carboxylic acids is 1. The molecule has 1 atom stereocenters. The lowest BCUT2D eigenvalue weighted by atomic mass is 10.1. The molecule has 2 aromatic rings. The minimum atomic E-state index is -0.549. The van der Waals surface area contributed by atoms with Crippen LogP contribution in [0.4, 0.5) is 5.69 Å². The van der Waals surface area contributed by atoms with Crippen LogP contribution in [-0.4, -0.2) is 5.91 Å². The lowest BCUT2D eigenvalue weighted by Gasteiger charge is -2.17. The number of primary amides is 1. The zero-order valence-corrected chi connectivity index (χ0v) is 10.4. The number of amides is 1. The molecule has 3 nitrogen and oxygen atoms in total. The van der Waals surface area contributed by atoms with Crippen molar-refractivity contribution in [3.63, 3.8) is 0 Å². The molecule has 0 saturated carbocycles. The number of anilines is 1. The minimum Gasteiger partial charge on any atom is -0.370 e. The number of hydrogen-bond donors (Lipinski definition) is 2. The molecule has 2 rings (SSSR count). The predicted octanol–water partition coefficient (Wildman–Crippen LogP) is 2.98. The number of carbonyl (C=O) groups is 1. The fourth-order valence-corrected chi connectivity index (χ4v) is 1.80. The van der Waals surface area contributed by atoms with E-state index in [1.165, 1.54) is 0 Å². The minimum absolute atomic E-state index is 0.420. The summed E-state index contributed by atoms with van der Waals surface area (Å²) in [5.41, 5.74) is 7.05. The Kier molecular flexibility index (Phi) is 3.85. The molecule has 1 amide bonds. The van der Waals surface area contributed by atoms with Gasteiger partial charge in [0.1, 0.15) is 6.04 Å². The quantitative estimate of drug-likeness (QED) is 0.888. The molecule has 0 saturated heterocycles. The monoisotopic (exact) mass is 260 g/mol. The van der Waals surface area contributed by atoms with Gasteiger partial charge >= 0.3 is 0 Å². The van der Waals surface area contributed by atoms with Crippen LogP contribution in [-0.2, 0) is 4.79 Å². The van der Waals surface area contributed by atoms with Gasteiger partial charge in [-0.1, -0.05) is 41.9 Å². The molecule has 4 heteroatoms. The molecule has 0 aliphatic rings. The summed E-state index contributed by atoms with van der Waals surface area (Å²) in [6, 6.07) is 15.9. The predicted molar refractivity (Wildman–Crippen MR) is 73.5 cm³/mol. The molecule has 0 aliphatic carbocycles. The normalized spacial score (nSPS) is 11.8. The van der Waals surface area contributed by atoms with Crippen LogP contribution in [0.1, 0.15) is 11.6 Å². The lowest BCUT2D eigenvalue weighted by Crippen LogP contribution is -2.27. The van der Waals surface area contributed by atoms with Gasteiger partial charge in [-0.2, -0.15) is 0 Å². The second-order valence-electron chi connectivity index (χ2n) is 3.90. The molecule has 92 valence electrons. The Morgan fingerprint density at radius 3 is 2.22 bits per heavy atom. The standard InChI is InChI=1S/C14H13ClN2O/c15-11-6-8-12(9-7-11)17-13(14(16)18)10-4-2-1-3-5-10/h1-9,13,17H,(H2,16,18). The van der Waals surface area contributed by atoms with Crippen molar-refractivity contribution in [2.45, 2.75) is 6.04 Å².